The van der Waals surface area contributed by atoms with Crippen LogP contribution in [0.15, 0.2) is 48.5 Å². The molecule has 1 aliphatic rings. The third kappa shape index (κ3) is 6.77. The number of methoxy groups -OCH3 is 1. The van der Waals surface area contributed by atoms with Crippen molar-refractivity contribution in [2.75, 3.05) is 20.2 Å². The molecule has 2 atom stereocenters. The molecule has 0 heterocycles. The number of nitrogens with zero attached hydrogens (tertiary/aromatic N) is 1. The van der Waals surface area contributed by atoms with E-state index in [0.717, 1.165) is 30.4 Å². The van der Waals surface area contributed by atoms with Crippen molar-refractivity contribution in [3.63, 3.8) is 0 Å². The Bertz CT molecular complexity index is 895. The zero-order valence-electron chi connectivity index (χ0n) is 18.3. The average molecular weight is 422 g/mol. The first-order valence-corrected chi connectivity index (χ1v) is 10.9. The fraction of sp³-hybridized carbons (Fsp3) is 0.423. The molecule has 0 aromatic heterocycles. The summed E-state index contributed by atoms with van der Waals surface area (Å²) < 4.78 is 11.8. The summed E-state index contributed by atoms with van der Waals surface area (Å²) in [7, 11) is 1.64. The van der Waals surface area contributed by atoms with Crippen LogP contribution in [0.5, 0.6) is 11.5 Å². The van der Waals surface area contributed by atoms with E-state index in [4.69, 9.17) is 9.47 Å². The zero-order valence-corrected chi connectivity index (χ0v) is 18.3. The summed E-state index contributed by atoms with van der Waals surface area (Å²) in [6, 6.07) is 15.6. The summed E-state index contributed by atoms with van der Waals surface area (Å²) in [5, 5.41) is 9.74. The van der Waals surface area contributed by atoms with Crippen LogP contribution < -0.4 is 9.47 Å². The Kier molecular flexibility index (Phi) is 8.37. The van der Waals surface area contributed by atoms with Crippen molar-refractivity contribution in [1.29, 1.82) is 0 Å². The third-order valence-electron chi connectivity index (χ3n) is 5.42. The molecule has 2 unspecified atom stereocenters. The van der Waals surface area contributed by atoms with E-state index in [9.17, 15) is 9.90 Å². The van der Waals surface area contributed by atoms with Crippen LogP contribution in [0.2, 0.25) is 0 Å². The maximum absolute atomic E-state index is 11.6. The van der Waals surface area contributed by atoms with Crippen molar-refractivity contribution in [3.05, 3.63) is 59.7 Å². The van der Waals surface area contributed by atoms with E-state index in [-0.39, 0.29) is 18.6 Å². The summed E-state index contributed by atoms with van der Waals surface area (Å²) in [4.78, 5) is 13.2. The van der Waals surface area contributed by atoms with Gasteiger partial charge in [-0.25, -0.2) is 0 Å². The molecular weight excluding hydrogens is 390 g/mol. The lowest BCUT2D eigenvalue weighted by Crippen LogP contribution is -2.33. The van der Waals surface area contributed by atoms with Gasteiger partial charge in [-0.2, -0.15) is 0 Å². The molecule has 1 N–H and O–H groups in total. The smallest absolute Gasteiger partial charge is 0.209 e. The highest BCUT2D eigenvalue weighted by molar-refractivity contribution is 5.50. The second-order valence-electron chi connectivity index (χ2n) is 8.03. The Morgan fingerprint density at radius 1 is 1.13 bits per heavy atom. The Morgan fingerprint density at radius 2 is 1.87 bits per heavy atom. The SMILES string of the molecule is COc1ccc(C(C#Cc2ccccc2)CN(C=O)CC(C)O)cc1OC1CCCC1. The molecule has 1 aliphatic carbocycles. The predicted molar refractivity (Wildman–Crippen MR) is 121 cm³/mol. The highest BCUT2D eigenvalue weighted by Crippen LogP contribution is 2.34. The summed E-state index contributed by atoms with van der Waals surface area (Å²) in [6.45, 7) is 2.31. The van der Waals surface area contributed by atoms with E-state index in [2.05, 4.69) is 11.8 Å². The average Bonchev–Trinajstić information content (AvgIpc) is 3.29. The van der Waals surface area contributed by atoms with Crippen LogP contribution in [0.3, 0.4) is 0 Å². The first-order valence-electron chi connectivity index (χ1n) is 10.9. The maximum atomic E-state index is 11.6. The van der Waals surface area contributed by atoms with Crippen molar-refractivity contribution in [2.45, 2.75) is 50.7 Å². The van der Waals surface area contributed by atoms with Gasteiger partial charge in [0.25, 0.3) is 0 Å². The molecule has 1 amide bonds. The minimum atomic E-state index is -0.606. The molecule has 31 heavy (non-hydrogen) atoms. The number of hydrogen-bond acceptors (Lipinski definition) is 4. The normalized spacial score (nSPS) is 15.5. The molecule has 0 bridgehead atoms. The Hall–Kier alpha value is -2.97. The van der Waals surface area contributed by atoms with Crippen LogP contribution in [-0.4, -0.2) is 48.8 Å². The van der Waals surface area contributed by atoms with E-state index in [1.165, 1.54) is 12.8 Å². The largest absolute Gasteiger partial charge is 0.493 e. The fourth-order valence-electron chi connectivity index (χ4n) is 3.85. The summed E-state index contributed by atoms with van der Waals surface area (Å²) >= 11 is 0. The van der Waals surface area contributed by atoms with E-state index >= 15 is 0 Å². The second kappa shape index (κ2) is 11.4. The standard InChI is InChI=1S/C26H31NO4/c1-20(29)17-27(19-28)18-23(13-12-21-8-4-3-5-9-21)22-14-15-25(30-2)26(16-22)31-24-10-6-7-11-24/h3-5,8-9,14-16,19-20,23-24,29H,6-7,10-11,17-18H2,1-2H3. The minimum absolute atomic E-state index is 0.208. The fourth-order valence-corrected chi connectivity index (χ4v) is 3.85. The number of amides is 1. The molecule has 3 rings (SSSR count). The Morgan fingerprint density at radius 3 is 2.52 bits per heavy atom. The second-order valence-corrected chi connectivity index (χ2v) is 8.03. The van der Waals surface area contributed by atoms with Crippen molar-refractivity contribution >= 4 is 6.41 Å². The van der Waals surface area contributed by atoms with Gasteiger partial charge in [0.2, 0.25) is 6.41 Å². The van der Waals surface area contributed by atoms with Crippen LogP contribution in [0.25, 0.3) is 0 Å². The van der Waals surface area contributed by atoms with E-state index in [0.29, 0.717) is 18.0 Å². The van der Waals surface area contributed by atoms with Gasteiger partial charge in [-0.15, -0.1) is 0 Å². The molecule has 0 radical (unpaired) electrons. The molecule has 0 spiro atoms. The topological polar surface area (TPSA) is 59.0 Å². The van der Waals surface area contributed by atoms with Crippen LogP contribution in [0.1, 0.15) is 49.7 Å². The van der Waals surface area contributed by atoms with Crippen LogP contribution in [0.4, 0.5) is 0 Å². The van der Waals surface area contributed by atoms with E-state index in [1.54, 1.807) is 18.9 Å². The lowest BCUT2D eigenvalue weighted by atomic mass is 9.97. The number of aliphatic hydroxyl groups is 1. The first kappa shape index (κ1) is 22.7. The van der Waals surface area contributed by atoms with Crippen molar-refractivity contribution in [2.24, 2.45) is 0 Å². The van der Waals surface area contributed by atoms with Crippen molar-refractivity contribution < 1.29 is 19.4 Å². The number of rotatable bonds is 9. The van der Waals surface area contributed by atoms with Gasteiger partial charge in [0.1, 0.15) is 0 Å². The monoisotopic (exact) mass is 421 g/mol. The van der Waals surface area contributed by atoms with Gasteiger partial charge in [-0.05, 0) is 62.4 Å². The molecular formula is C26H31NO4. The molecule has 164 valence electrons. The summed E-state index contributed by atoms with van der Waals surface area (Å²) in [6.07, 6.45) is 4.85. The molecule has 5 nitrogen and oxygen atoms in total. The van der Waals surface area contributed by atoms with Crippen molar-refractivity contribution in [1.82, 2.24) is 4.90 Å². The van der Waals surface area contributed by atoms with Crippen LogP contribution >= 0.6 is 0 Å². The highest BCUT2D eigenvalue weighted by atomic mass is 16.5. The Labute approximate surface area is 185 Å². The number of benzene rings is 2. The number of carbonyl (C=O) groups is 1. The minimum Gasteiger partial charge on any atom is -0.493 e. The molecule has 0 saturated heterocycles. The molecule has 1 fully saturated rings. The molecule has 1 saturated carbocycles. The van der Waals surface area contributed by atoms with E-state index < -0.39 is 6.10 Å². The van der Waals surface area contributed by atoms with Crippen LogP contribution in [0, 0.1) is 11.8 Å². The van der Waals surface area contributed by atoms with Crippen LogP contribution in [-0.2, 0) is 4.79 Å². The summed E-state index contributed by atoms with van der Waals surface area (Å²) in [5.41, 5.74) is 1.87. The van der Waals surface area contributed by atoms with Gasteiger partial charge >= 0.3 is 0 Å². The molecule has 0 aliphatic heterocycles. The molecule has 2 aromatic rings. The summed E-state index contributed by atoms with van der Waals surface area (Å²) in [5.74, 6) is 7.72. The van der Waals surface area contributed by atoms with Gasteiger partial charge in [0, 0.05) is 18.7 Å². The van der Waals surface area contributed by atoms with Gasteiger partial charge in [-0.1, -0.05) is 36.1 Å². The van der Waals surface area contributed by atoms with Gasteiger partial charge in [0.05, 0.1) is 25.2 Å². The number of hydrogen-bond donors (Lipinski definition) is 1. The van der Waals surface area contributed by atoms with Gasteiger partial charge in [-0.3, -0.25) is 4.79 Å². The first-order chi connectivity index (χ1) is 15.1. The predicted octanol–water partition coefficient (Wildman–Crippen LogP) is 3.99. The number of aliphatic hydroxyl groups excluding tert-OH is 1. The number of carbonyl (C=O) groups excluding carboxylic acids is 1. The quantitative estimate of drug-likeness (QED) is 0.491. The highest BCUT2D eigenvalue weighted by Gasteiger charge is 2.21. The Balaban J connectivity index is 1.91. The number of ether oxygens (including phenoxy) is 2. The zero-order chi connectivity index (χ0) is 22.1. The lowest BCUT2D eigenvalue weighted by molar-refractivity contribution is -0.119. The van der Waals surface area contributed by atoms with Gasteiger partial charge < -0.3 is 19.5 Å². The molecule has 2 aromatic carbocycles. The maximum Gasteiger partial charge on any atom is 0.209 e. The van der Waals surface area contributed by atoms with E-state index in [1.807, 2.05) is 48.5 Å². The van der Waals surface area contributed by atoms with Gasteiger partial charge in [0.15, 0.2) is 11.5 Å². The molecule has 5 heteroatoms. The van der Waals surface area contributed by atoms with Crippen molar-refractivity contribution in [3.8, 4) is 23.3 Å². The lowest BCUT2D eigenvalue weighted by Gasteiger charge is -2.24. The third-order valence-corrected chi connectivity index (χ3v) is 5.42.